The lowest BCUT2D eigenvalue weighted by Crippen LogP contribution is -2.47. The Morgan fingerprint density at radius 3 is 2.31 bits per heavy atom. The summed E-state index contributed by atoms with van der Waals surface area (Å²) in [6, 6.07) is 13.2. The number of nitrogen functional groups attached to an aromatic ring is 1. The topological polar surface area (TPSA) is 109 Å². The molecular formula is C22H24FN7O2. The molecule has 1 amide bonds. The molecule has 32 heavy (non-hydrogen) atoms. The van der Waals surface area contributed by atoms with Crippen LogP contribution in [0.4, 0.5) is 27.4 Å². The van der Waals surface area contributed by atoms with Gasteiger partial charge < -0.3 is 20.3 Å². The number of aromatic nitrogens is 2. The van der Waals surface area contributed by atoms with Crippen LogP contribution in [0.15, 0.2) is 54.9 Å². The third kappa shape index (κ3) is 4.64. The highest BCUT2D eigenvalue weighted by Gasteiger charge is 2.22. The lowest BCUT2D eigenvalue weighted by molar-refractivity contribution is 0.0962. The zero-order valence-corrected chi connectivity index (χ0v) is 17.6. The molecule has 0 bridgehead atoms. The number of nitrogens with two attached hydrogens (primary N) is 1. The van der Waals surface area contributed by atoms with E-state index in [4.69, 9.17) is 10.5 Å². The van der Waals surface area contributed by atoms with Crippen molar-refractivity contribution in [2.24, 2.45) is 0 Å². The van der Waals surface area contributed by atoms with Crippen molar-refractivity contribution >= 4 is 28.9 Å². The minimum Gasteiger partial charge on any atom is -0.497 e. The number of nitrogens with zero attached hydrogens (tertiary/aromatic N) is 4. The van der Waals surface area contributed by atoms with E-state index in [0.717, 1.165) is 18.8 Å². The number of benzene rings is 2. The van der Waals surface area contributed by atoms with Crippen molar-refractivity contribution in [2.45, 2.75) is 0 Å². The molecule has 0 spiro atoms. The Morgan fingerprint density at radius 1 is 1.00 bits per heavy atom. The van der Waals surface area contributed by atoms with Gasteiger partial charge in [-0.2, -0.15) is 0 Å². The van der Waals surface area contributed by atoms with Crippen LogP contribution < -0.4 is 31.1 Å². The van der Waals surface area contributed by atoms with Crippen molar-refractivity contribution in [1.29, 1.82) is 0 Å². The number of carbonyl (C=O) groups excluding carboxylic acids is 1. The summed E-state index contributed by atoms with van der Waals surface area (Å²) in [6.07, 6.45) is 1.40. The summed E-state index contributed by atoms with van der Waals surface area (Å²) in [5.74, 6) is 0.997. The predicted octanol–water partition coefficient (Wildman–Crippen LogP) is 2.29. The summed E-state index contributed by atoms with van der Waals surface area (Å²) in [5.41, 5.74) is 13.4. The van der Waals surface area contributed by atoms with E-state index >= 15 is 0 Å². The van der Waals surface area contributed by atoms with E-state index < -0.39 is 0 Å². The van der Waals surface area contributed by atoms with Gasteiger partial charge in [0, 0.05) is 37.4 Å². The van der Waals surface area contributed by atoms with Gasteiger partial charge in [0.05, 0.1) is 7.11 Å². The average molecular weight is 437 g/mol. The first kappa shape index (κ1) is 21.2. The summed E-state index contributed by atoms with van der Waals surface area (Å²) < 4.78 is 18.3. The van der Waals surface area contributed by atoms with Crippen LogP contribution in [-0.4, -0.2) is 49.2 Å². The highest BCUT2D eigenvalue weighted by Crippen LogP contribution is 2.27. The minimum absolute atomic E-state index is 0.250. The van der Waals surface area contributed by atoms with Crippen LogP contribution >= 0.6 is 0 Å². The molecule has 3 aromatic rings. The van der Waals surface area contributed by atoms with Crippen LogP contribution in [-0.2, 0) is 0 Å². The highest BCUT2D eigenvalue weighted by molar-refractivity contribution is 5.95. The Bertz CT molecular complexity index is 1070. The van der Waals surface area contributed by atoms with Crippen molar-refractivity contribution in [1.82, 2.24) is 15.4 Å². The second-order valence-electron chi connectivity index (χ2n) is 7.22. The van der Waals surface area contributed by atoms with Crippen LogP contribution in [0.25, 0.3) is 0 Å². The Balaban J connectivity index is 1.38. The predicted molar refractivity (Wildman–Crippen MR) is 121 cm³/mol. The number of halogens is 1. The molecule has 166 valence electrons. The Morgan fingerprint density at radius 2 is 1.66 bits per heavy atom. The van der Waals surface area contributed by atoms with Crippen molar-refractivity contribution in [3.05, 3.63) is 66.2 Å². The van der Waals surface area contributed by atoms with Gasteiger partial charge in [-0.15, -0.1) is 0 Å². The Labute approximate surface area is 185 Å². The number of hydrogen-bond donors (Lipinski definition) is 3. The number of amides is 1. The number of carbonyl (C=O) groups is 1. The molecule has 0 unspecified atom stereocenters. The average Bonchev–Trinajstić information content (AvgIpc) is 2.84. The lowest BCUT2D eigenvalue weighted by Gasteiger charge is -2.37. The largest absolute Gasteiger partial charge is 0.497 e. The summed E-state index contributed by atoms with van der Waals surface area (Å²) in [4.78, 5) is 25.1. The first-order valence-electron chi connectivity index (χ1n) is 10.1. The smallest absolute Gasteiger partial charge is 0.269 e. The minimum atomic E-state index is -0.333. The number of ether oxygens (including phenoxy) is 1. The molecule has 0 saturated carbocycles. The van der Waals surface area contributed by atoms with Crippen LogP contribution in [0.2, 0.25) is 0 Å². The van der Waals surface area contributed by atoms with E-state index in [1.54, 1.807) is 43.5 Å². The first-order chi connectivity index (χ1) is 15.5. The third-order valence-electron chi connectivity index (χ3n) is 5.28. The number of methoxy groups -OCH3 is 1. The molecule has 2 aromatic carbocycles. The molecule has 4 N–H and O–H groups in total. The Kier molecular flexibility index (Phi) is 6.20. The first-order valence-corrected chi connectivity index (χ1v) is 10.1. The molecule has 0 atom stereocenters. The highest BCUT2D eigenvalue weighted by atomic mass is 19.1. The molecule has 0 aliphatic carbocycles. The fourth-order valence-electron chi connectivity index (χ4n) is 3.50. The molecule has 1 fully saturated rings. The van der Waals surface area contributed by atoms with Gasteiger partial charge in [0.25, 0.3) is 5.91 Å². The quantitative estimate of drug-likeness (QED) is 0.504. The van der Waals surface area contributed by atoms with Crippen LogP contribution in [0.3, 0.4) is 0 Å². The number of nitrogens with one attached hydrogen (secondary N) is 2. The van der Waals surface area contributed by atoms with Gasteiger partial charge in [0.15, 0.2) is 11.6 Å². The molecule has 9 nitrogen and oxygen atoms in total. The maximum atomic E-state index is 13.2. The summed E-state index contributed by atoms with van der Waals surface area (Å²) in [6.45, 7) is 2.87. The van der Waals surface area contributed by atoms with E-state index in [0.29, 0.717) is 41.7 Å². The number of piperazine rings is 1. The van der Waals surface area contributed by atoms with Crippen molar-refractivity contribution in [3.63, 3.8) is 0 Å². The molecule has 1 aliphatic rings. The SMILES string of the molecule is COc1ccc(C(=O)NNc2ncnc(N3CCN(c4ccc(F)cc4)CC3)c2N)cc1. The van der Waals surface area contributed by atoms with Crippen LogP contribution in [0.5, 0.6) is 5.75 Å². The second kappa shape index (κ2) is 9.38. The fourth-order valence-corrected chi connectivity index (χ4v) is 3.50. The maximum Gasteiger partial charge on any atom is 0.269 e. The van der Waals surface area contributed by atoms with Gasteiger partial charge in [-0.05, 0) is 48.5 Å². The van der Waals surface area contributed by atoms with Crippen molar-refractivity contribution < 1.29 is 13.9 Å². The number of hydrogen-bond acceptors (Lipinski definition) is 8. The van der Waals surface area contributed by atoms with Crippen molar-refractivity contribution in [2.75, 3.05) is 54.2 Å². The van der Waals surface area contributed by atoms with Crippen molar-refractivity contribution in [3.8, 4) is 5.75 Å². The third-order valence-corrected chi connectivity index (χ3v) is 5.28. The van der Waals surface area contributed by atoms with Gasteiger partial charge in [-0.1, -0.05) is 0 Å². The van der Waals surface area contributed by atoms with E-state index in [2.05, 4.69) is 30.6 Å². The molecule has 1 aliphatic heterocycles. The maximum absolute atomic E-state index is 13.2. The van der Waals surface area contributed by atoms with Gasteiger partial charge in [0.1, 0.15) is 23.6 Å². The monoisotopic (exact) mass is 437 g/mol. The molecule has 2 heterocycles. The van der Waals surface area contributed by atoms with E-state index in [-0.39, 0.29) is 11.7 Å². The molecule has 1 aromatic heterocycles. The van der Waals surface area contributed by atoms with E-state index in [9.17, 15) is 9.18 Å². The molecule has 0 radical (unpaired) electrons. The molecule has 1 saturated heterocycles. The summed E-state index contributed by atoms with van der Waals surface area (Å²) in [5, 5.41) is 0. The van der Waals surface area contributed by atoms with Crippen LogP contribution in [0, 0.1) is 5.82 Å². The van der Waals surface area contributed by atoms with Gasteiger partial charge in [0.2, 0.25) is 0 Å². The number of anilines is 4. The second-order valence-corrected chi connectivity index (χ2v) is 7.22. The zero-order valence-electron chi connectivity index (χ0n) is 17.6. The summed E-state index contributed by atoms with van der Waals surface area (Å²) in [7, 11) is 1.56. The van der Waals surface area contributed by atoms with Gasteiger partial charge in [-0.25, -0.2) is 14.4 Å². The standard InChI is InChI=1S/C22H24FN7O2/c1-32-18-8-2-15(3-9-18)22(31)28-27-20-19(24)21(26-14-25-20)30-12-10-29(11-13-30)17-6-4-16(23)5-7-17/h2-9,14H,10-13,24H2,1H3,(H,28,31)(H,25,26,27). The lowest BCUT2D eigenvalue weighted by atomic mass is 10.2. The molecular weight excluding hydrogens is 413 g/mol. The van der Waals surface area contributed by atoms with Crippen LogP contribution in [0.1, 0.15) is 10.4 Å². The molecule has 4 rings (SSSR count). The number of hydrazine groups is 1. The molecule has 10 heteroatoms. The Hall–Kier alpha value is -4.08. The number of rotatable bonds is 6. The normalized spacial score (nSPS) is 13.6. The van der Waals surface area contributed by atoms with E-state index in [1.807, 2.05) is 0 Å². The van der Waals surface area contributed by atoms with E-state index in [1.165, 1.54) is 18.5 Å². The summed E-state index contributed by atoms with van der Waals surface area (Å²) >= 11 is 0. The van der Waals surface area contributed by atoms with Gasteiger partial charge >= 0.3 is 0 Å². The van der Waals surface area contributed by atoms with Gasteiger partial charge in [-0.3, -0.25) is 15.6 Å². The fraction of sp³-hybridized carbons (Fsp3) is 0.227. The zero-order chi connectivity index (χ0) is 22.5.